The molecule has 0 fully saturated rings. The summed E-state index contributed by atoms with van der Waals surface area (Å²) in [6.45, 7) is 1.79. The van der Waals surface area contributed by atoms with Gasteiger partial charge in [0.05, 0.1) is 17.7 Å². The average Bonchev–Trinajstić information content (AvgIpc) is 2.28. The van der Waals surface area contributed by atoms with Crippen LogP contribution in [0.1, 0.15) is 28.8 Å². The molecule has 6 heteroatoms. The quantitative estimate of drug-likeness (QED) is 0.721. The van der Waals surface area contributed by atoms with Crippen molar-refractivity contribution >= 4 is 23.5 Å². The van der Waals surface area contributed by atoms with Crippen molar-refractivity contribution in [3.05, 3.63) is 29.3 Å². The van der Waals surface area contributed by atoms with Crippen LogP contribution in [0.5, 0.6) is 0 Å². The molecule has 0 bridgehead atoms. The number of benzene rings is 1. The Morgan fingerprint density at radius 2 is 1.94 bits per heavy atom. The number of hydrogen-bond acceptors (Lipinski definition) is 3. The van der Waals surface area contributed by atoms with Crippen molar-refractivity contribution in [2.24, 2.45) is 5.73 Å². The van der Waals surface area contributed by atoms with Gasteiger partial charge in [0.1, 0.15) is 0 Å². The molecule has 0 spiro atoms. The molecule has 1 aromatic rings. The van der Waals surface area contributed by atoms with Crippen LogP contribution in [-0.2, 0) is 9.59 Å². The van der Waals surface area contributed by atoms with E-state index in [-0.39, 0.29) is 18.4 Å². The van der Waals surface area contributed by atoms with Crippen LogP contribution in [0, 0.1) is 6.92 Å². The van der Waals surface area contributed by atoms with E-state index in [0.717, 1.165) is 5.56 Å². The summed E-state index contributed by atoms with van der Waals surface area (Å²) in [6.07, 6.45) is -0.412. The third kappa shape index (κ3) is 3.89. The van der Waals surface area contributed by atoms with Gasteiger partial charge in [0, 0.05) is 6.42 Å². The maximum Gasteiger partial charge on any atom is 0.303 e. The van der Waals surface area contributed by atoms with Crippen molar-refractivity contribution < 1.29 is 19.5 Å². The Morgan fingerprint density at radius 3 is 2.50 bits per heavy atom. The minimum atomic E-state index is -1.05. The average molecular weight is 250 g/mol. The summed E-state index contributed by atoms with van der Waals surface area (Å²) < 4.78 is 0. The molecule has 0 aliphatic rings. The van der Waals surface area contributed by atoms with Gasteiger partial charge in [-0.2, -0.15) is 0 Å². The van der Waals surface area contributed by atoms with E-state index in [2.05, 4.69) is 5.32 Å². The number of nitrogens with one attached hydrogen (secondary N) is 1. The zero-order valence-electron chi connectivity index (χ0n) is 9.90. The fraction of sp³-hybridized carbons (Fsp3) is 0.250. The smallest absolute Gasteiger partial charge is 0.303 e. The lowest BCUT2D eigenvalue weighted by Gasteiger charge is -2.09. The molecule has 1 aromatic carbocycles. The van der Waals surface area contributed by atoms with Crippen molar-refractivity contribution in [2.45, 2.75) is 19.8 Å². The van der Waals surface area contributed by atoms with E-state index in [1.54, 1.807) is 25.1 Å². The van der Waals surface area contributed by atoms with Crippen molar-refractivity contribution in [1.82, 2.24) is 0 Å². The lowest BCUT2D eigenvalue weighted by molar-refractivity contribution is -0.138. The Kier molecular flexibility index (Phi) is 4.42. The summed E-state index contributed by atoms with van der Waals surface area (Å²) in [5, 5.41) is 10.9. The monoisotopic (exact) mass is 250 g/mol. The van der Waals surface area contributed by atoms with Gasteiger partial charge < -0.3 is 16.2 Å². The first-order valence-corrected chi connectivity index (χ1v) is 5.32. The number of carbonyl (C=O) groups excluding carboxylic acids is 2. The topological polar surface area (TPSA) is 109 Å². The van der Waals surface area contributed by atoms with Gasteiger partial charge in [0.25, 0.3) is 5.91 Å². The zero-order valence-corrected chi connectivity index (χ0v) is 9.90. The third-order valence-electron chi connectivity index (χ3n) is 2.28. The van der Waals surface area contributed by atoms with Crippen LogP contribution >= 0.6 is 0 Å². The molecule has 18 heavy (non-hydrogen) atoms. The molecule has 0 atom stereocenters. The molecule has 96 valence electrons. The Labute approximate surface area is 104 Å². The highest BCUT2D eigenvalue weighted by molar-refractivity contribution is 6.03. The molecule has 0 aromatic heterocycles. The van der Waals surface area contributed by atoms with Gasteiger partial charge in [-0.3, -0.25) is 14.4 Å². The molecule has 4 N–H and O–H groups in total. The highest BCUT2D eigenvalue weighted by atomic mass is 16.4. The normalized spacial score (nSPS) is 9.83. The van der Waals surface area contributed by atoms with Gasteiger partial charge in [-0.1, -0.05) is 11.6 Å². The first-order valence-electron chi connectivity index (χ1n) is 5.32. The van der Waals surface area contributed by atoms with Crippen LogP contribution in [0.15, 0.2) is 18.2 Å². The van der Waals surface area contributed by atoms with Crippen molar-refractivity contribution in [1.29, 1.82) is 0 Å². The largest absolute Gasteiger partial charge is 0.481 e. The Hall–Kier alpha value is -2.37. The summed E-state index contributed by atoms with van der Waals surface area (Å²) >= 11 is 0. The van der Waals surface area contributed by atoms with Gasteiger partial charge in [-0.15, -0.1) is 0 Å². The summed E-state index contributed by atoms with van der Waals surface area (Å²) in [7, 11) is 0. The maximum absolute atomic E-state index is 11.5. The number of carboxylic acid groups (broad SMARTS) is 1. The molecule has 1 rings (SSSR count). The zero-order chi connectivity index (χ0) is 13.7. The van der Waals surface area contributed by atoms with Gasteiger partial charge in [0.2, 0.25) is 5.91 Å². The SMILES string of the molecule is Cc1ccc(NC(=O)CCC(=O)O)c(C(N)=O)c1. The highest BCUT2D eigenvalue weighted by Crippen LogP contribution is 2.17. The number of carboxylic acids is 1. The second-order valence-corrected chi connectivity index (χ2v) is 3.86. The minimum Gasteiger partial charge on any atom is -0.481 e. The van der Waals surface area contributed by atoms with Gasteiger partial charge in [0.15, 0.2) is 0 Å². The number of carbonyl (C=O) groups is 3. The van der Waals surface area contributed by atoms with Crippen LogP contribution < -0.4 is 11.1 Å². The predicted molar refractivity (Wildman–Crippen MR) is 65.2 cm³/mol. The lowest BCUT2D eigenvalue weighted by Crippen LogP contribution is -2.18. The number of aryl methyl sites for hydroxylation is 1. The number of hydrogen-bond donors (Lipinski definition) is 3. The van der Waals surface area contributed by atoms with E-state index < -0.39 is 17.8 Å². The first-order chi connectivity index (χ1) is 8.40. The predicted octanol–water partition coefficient (Wildman–Crippen LogP) is 0.897. The summed E-state index contributed by atoms with van der Waals surface area (Å²) in [4.78, 5) is 33.0. The fourth-order valence-corrected chi connectivity index (χ4v) is 1.40. The van der Waals surface area contributed by atoms with Crippen molar-refractivity contribution in [3.8, 4) is 0 Å². The van der Waals surface area contributed by atoms with Crippen LogP contribution in [-0.4, -0.2) is 22.9 Å². The summed E-state index contributed by atoms with van der Waals surface area (Å²) in [5.41, 5.74) is 6.54. The highest BCUT2D eigenvalue weighted by Gasteiger charge is 2.12. The lowest BCUT2D eigenvalue weighted by atomic mass is 10.1. The van der Waals surface area contributed by atoms with Crippen molar-refractivity contribution in [2.75, 3.05) is 5.32 Å². The maximum atomic E-state index is 11.5. The third-order valence-corrected chi connectivity index (χ3v) is 2.28. The van der Waals surface area contributed by atoms with Crippen LogP contribution in [0.25, 0.3) is 0 Å². The Bertz CT molecular complexity index is 497. The fourth-order valence-electron chi connectivity index (χ4n) is 1.40. The molecule has 0 aliphatic heterocycles. The van der Waals surface area contributed by atoms with Gasteiger partial charge in [-0.05, 0) is 19.1 Å². The summed E-state index contributed by atoms with van der Waals surface area (Å²) in [5.74, 6) is -2.17. The van der Waals surface area contributed by atoms with Crippen LogP contribution in [0.4, 0.5) is 5.69 Å². The Balaban J connectivity index is 2.81. The van der Waals surface area contributed by atoms with E-state index in [1.807, 2.05) is 0 Å². The molecule has 0 radical (unpaired) electrons. The molecule has 2 amide bonds. The first kappa shape index (κ1) is 13.7. The van der Waals surface area contributed by atoms with Crippen LogP contribution in [0.2, 0.25) is 0 Å². The Morgan fingerprint density at radius 1 is 1.28 bits per heavy atom. The molecular formula is C12H14N2O4. The molecule has 0 saturated heterocycles. The van der Waals surface area contributed by atoms with Gasteiger partial charge >= 0.3 is 5.97 Å². The van der Waals surface area contributed by atoms with E-state index in [9.17, 15) is 14.4 Å². The van der Waals surface area contributed by atoms with E-state index >= 15 is 0 Å². The van der Waals surface area contributed by atoms with Crippen molar-refractivity contribution in [3.63, 3.8) is 0 Å². The second kappa shape index (κ2) is 5.81. The molecule has 0 unspecified atom stereocenters. The van der Waals surface area contributed by atoms with E-state index in [1.165, 1.54) is 0 Å². The van der Waals surface area contributed by atoms with E-state index in [0.29, 0.717) is 5.69 Å². The number of nitrogens with two attached hydrogens (primary N) is 1. The van der Waals surface area contributed by atoms with Crippen LogP contribution in [0.3, 0.4) is 0 Å². The molecule has 0 heterocycles. The number of aliphatic carboxylic acids is 1. The molecular weight excluding hydrogens is 236 g/mol. The number of anilines is 1. The number of amides is 2. The second-order valence-electron chi connectivity index (χ2n) is 3.86. The molecule has 0 aliphatic carbocycles. The summed E-state index contributed by atoms with van der Waals surface area (Å²) in [6, 6.07) is 4.85. The molecule has 0 saturated carbocycles. The number of primary amides is 1. The van der Waals surface area contributed by atoms with E-state index in [4.69, 9.17) is 10.8 Å². The standard InChI is InChI=1S/C12H14N2O4/c1-7-2-3-9(8(6-7)12(13)18)14-10(15)4-5-11(16)17/h2-3,6H,4-5H2,1H3,(H2,13,18)(H,14,15)(H,16,17). The minimum absolute atomic E-state index is 0.151. The number of rotatable bonds is 5. The van der Waals surface area contributed by atoms with Gasteiger partial charge in [-0.25, -0.2) is 0 Å². The molecule has 6 nitrogen and oxygen atoms in total.